The van der Waals surface area contributed by atoms with Gasteiger partial charge in [0.2, 0.25) is 11.0 Å². The van der Waals surface area contributed by atoms with Gasteiger partial charge in [0.15, 0.2) is 0 Å². The predicted octanol–water partition coefficient (Wildman–Crippen LogP) is 1.64. The largest absolute Gasteiger partial charge is 0.396 e. The molecule has 0 saturated heterocycles. The van der Waals surface area contributed by atoms with Crippen LogP contribution in [0.25, 0.3) is 0 Å². The highest BCUT2D eigenvalue weighted by molar-refractivity contribution is 7.15. The maximum absolute atomic E-state index is 11.7. The number of hydrogen-bond acceptors (Lipinski definition) is 5. The summed E-state index contributed by atoms with van der Waals surface area (Å²) < 4.78 is 0. The first-order valence-electron chi connectivity index (χ1n) is 6.05. The van der Waals surface area contributed by atoms with E-state index in [1.807, 2.05) is 30.3 Å². The van der Waals surface area contributed by atoms with E-state index in [4.69, 9.17) is 5.11 Å². The molecule has 2 N–H and O–H groups in total. The van der Waals surface area contributed by atoms with Gasteiger partial charge < -0.3 is 10.4 Å². The Bertz CT molecular complexity index is 528. The first-order valence-corrected chi connectivity index (χ1v) is 6.86. The molecule has 19 heavy (non-hydrogen) atoms. The molecule has 0 aliphatic heterocycles. The van der Waals surface area contributed by atoms with Crippen molar-refractivity contribution in [2.24, 2.45) is 0 Å². The lowest BCUT2D eigenvalue weighted by Crippen LogP contribution is -2.12. The highest BCUT2D eigenvalue weighted by atomic mass is 32.1. The maximum Gasteiger partial charge on any atom is 0.226 e. The molecule has 5 nitrogen and oxygen atoms in total. The van der Waals surface area contributed by atoms with Crippen molar-refractivity contribution in [1.82, 2.24) is 10.2 Å². The minimum Gasteiger partial charge on any atom is -0.396 e. The first-order chi connectivity index (χ1) is 9.28. The maximum atomic E-state index is 11.7. The van der Waals surface area contributed by atoms with Gasteiger partial charge in [-0.2, -0.15) is 0 Å². The van der Waals surface area contributed by atoms with Crippen LogP contribution < -0.4 is 5.32 Å². The number of carbonyl (C=O) groups is 1. The van der Waals surface area contributed by atoms with E-state index < -0.39 is 0 Å². The number of carbonyl (C=O) groups excluding carboxylic acids is 1. The average Bonchev–Trinajstić information content (AvgIpc) is 2.85. The lowest BCUT2D eigenvalue weighted by molar-refractivity contribution is -0.116. The quantitative estimate of drug-likeness (QED) is 0.841. The van der Waals surface area contributed by atoms with Crippen molar-refractivity contribution < 1.29 is 9.90 Å². The van der Waals surface area contributed by atoms with Gasteiger partial charge >= 0.3 is 0 Å². The van der Waals surface area contributed by atoms with Crippen molar-refractivity contribution in [3.63, 3.8) is 0 Å². The fraction of sp³-hybridized carbons (Fsp3) is 0.308. The average molecular weight is 277 g/mol. The fourth-order valence-electron chi connectivity index (χ4n) is 1.59. The van der Waals surface area contributed by atoms with Gasteiger partial charge in [-0.15, -0.1) is 10.2 Å². The minimum atomic E-state index is -0.0736. The predicted molar refractivity (Wildman–Crippen MR) is 74.1 cm³/mol. The summed E-state index contributed by atoms with van der Waals surface area (Å²) in [5.74, 6) is -0.0736. The molecular weight excluding hydrogens is 262 g/mol. The summed E-state index contributed by atoms with van der Waals surface area (Å²) in [5.41, 5.74) is 1.14. The molecule has 0 unspecified atom stereocenters. The topological polar surface area (TPSA) is 75.1 Å². The second-order valence-corrected chi connectivity index (χ2v) is 5.07. The molecule has 0 spiro atoms. The van der Waals surface area contributed by atoms with E-state index in [9.17, 15) is 4.79 Å². The Balaban J connectivity index is 1.80. The van der Waals surface area contributed by atoms with E-state index in [1.54, 1.807) is 0 Å². The van der Waals surface area contributed by atoms with E-state index >= 15 is 0 Å². The number of aryl methyl sites for hydroxylation is 1. The molecule has 6 heteroatoms. The zero-order valence-electron chi connectivity index (χ0n) is 10.4. The van der Waals surface area contributed by atoms with Crippen LogP contribution in [0, 0.1) is 0 Å². The van der Waals surface area contributed by atoms with Crippen molar-refractivity contribution >= 4 is 22.4 Å². The Morgan fingerprint density at radius 2 is 2.00 bits per heavy atom. The van der Waals surface area contributed by atoms with E-state index in [2.05, 4.69) is 15.5 Å². The lowest BCUT2D eigenvalue weighted by atomic mass is 10.1. The normalized spacial score (nSPS) is 10.4. The zero-order chi connectivity index (χ0) is 13.5. The number of anilines is 1. The molecule has 0 aliphatic rings. The van der Waals surface area contributed by atoms with Gasteiger partial charge in [0.25, 0.3) is 0 Å². The van der Waals surface area contributed by atoms with Crippen LogP contribution in [-0.4, -0.2) is 27.8 Å². The van der Waals surface area contributed by atoms with Crippen LogP contribution in [0.3, 0.4) is 0 Å². The van der Waals surface area contributed by atoms with E-state index in [-0.39, 0.29) is 12.5 Å². The Hall–Kier alpha value is -1.79. The number of nitrogens with one attached hydrogen (secondary N) is 1. The van der Waals surface area contributed by atoms with Gasteiger partial charge in [-0.1, -0.05) is 41.7 Å². The number of nitrogens with zero attached hydrogens (tertiary/aromatic N) is 2. The van der Waals surface area contributed by atoms with Crippen LogP contribution in [0.5, 0.6) is 0 Å². The van der Waals surface area contributed by atoms with Crippen LogP contribution in [0.15, 0.2) is 30.3 Å². The van der Waals surface area contributed by atoms with Gasteiger partial charge in [-0.05, 0) is 12.0 Å². The fourth-order valence-corrected chi connectivity index (χ4v) is 2.33. The Morgan fingerprint density at radius 3 is 2.74 bits per heavy atom. The van der Waals surface area contributed by atoms with Gasteiger partial charge in [0.05, 0.1) is 0 Å². The summed E-state index contributed by atoms with van der Waals surface area (Å²) in [6, 6.07) is 9.86. The van der Waals surface area contributed by atoms with Crippen molar-refractivity contribution in [2.45, 2.75) is 19.3 Å². The van der Waals surface area contributed by atoms with Crippen LogP contribution in [0.1, 0.15) is 17.0 Å². The standard InChI is InChI=1S/C13H15N3O2S/c17-9-8-12-15-16-13(19-12)14-11(18)7-6-10-4-2-1-3-5-10/h1-5,17H,6-9H2,(H,14,16,18). The number of hydrogen-bond donors (Lipinski definition) is 2. The first kappa shape index (κ1) is 13.6. The molecule has 2 aromatic rings. The summed E-state index contributed by atoms with van der Waals surface area (Å²) >= 11 is 1.29. The minimum absolute atomic E-state index is 0.0383. The smallest absolute Gasteiger partial charge is 0.226 e. The van der Waals surface area contributed by atoms with Crippen LogP contribution in [0.2, 0.25) is 0 Å². The third-order valence-electron chi connectivity index (χ3n) is 2.52. The number of aromatic nitrogens is 2. The van der Waals surface area contributed by atoms with Crippen molar-refractivity contribution in [3.8, 4) is 0 Å². The van der Waals surface area contributed by atoms with Crippen molar-refractivity contribution in [3.05, 3.63) is 40.9 Å². The zero-order valence-corrected chi connectivity index (χ0v) is 11.2. The number of aliphatic hydroxyl groups is 1. The van der Waals surface area contributed by atoms with Gasteiger partial charge in [-0.25, -0.2) is 0 Å². The molecule has 0 saturated carbocycles. The third kappa shape index (κ3) is 4.42. The number of amides is 1. The van der Waals surface area contributed by atoms with Gasteiger partial charge in [0.1, 0.15) is 5.01 Å². The lowest BCUT2D eigenvalue weighted by Gasteiger charge is -2.01. The Labute approximate surface area is 115 Å². The van der Waals surface area contributed by atoms with Crippen LogP contribution >= 0.6 is 11.3 Å². The Kier molecular flexibility index (Phi) is 5.00. The van der Waals surface area contributed by atoms with Crippen LogP contribution in [0.4, 0.5) is 5.13 Å². The molecule has 0 aliphatic carbocycles. The molecule has 1 aromatic heterocycles. The summed E-state index contributed by atoms with van der Waals surface area (Å²) in [4.78, 5) is 11.7. The molecule has 0 atom stereocenters. The summed E-state index contributed by atoms with van der Waals surface area (Å²) in [6.45, 7) is 0.0383. The van der Waals surface area contributed by atoms with Gasteiger partial charge in [-0.3, -0.25) is 4.79 Å². The summed E-state index contributed by atoms with van der Waals surface area (Å²) in [7, 11) is 0. The third-order valence-corrected chi connectivity index (χ3v) is 3.42. The molecule has 1 heterocycles. The Morgan fingerprint density at radius 1 is 1.21 bits per heavy atom. The van der Waals surface area contributed by atoms with E-state index in [0.29, 0.717) is 24.4 Å². The summed E-state index contributed by atoms with van der Waals surface area (Å²) in [5, 5.41) is 20.4. The SMILES string of the molecule is O=C(CCc1ccccc1)Nc1nnc(CCO)s1. The molecule has 1 aromatic carbocycles. The monoisotopic (exact) mass is 277 g/mol. The van der Waals surface area contributed by atoms with Crippen molar-refractivity contribution in [1.29, 1.82) is 0 Å². The molecule has 100 valence electrons. The number of aliphatic hydroxyl groups excluding tert-OH is 1. The van der Waals surface area contributed by atoms with E-state index in [0.717, 1.165) is 10.6 Å². The van der Waals surface area contributed by atoms with E-state index in [1.165, 1.54) is 11.3 Å². The summed E-state index contributed by atoms with van der Waals surface area (Å²) in [6.07, 6.45) is 1.59. The highest BCUT2D eigenvalue weighted by Gasteiger charge is 2.08. The molecule has 1 amide bonds. The van der Waals surface area contributed by atoms with Crippen molar-refractivity contribution in [2.75, 3.05) is 11.9 Å². The molecular formula is C13H15N3O2S. The second-order valence-electron chi connectivity index (χ2n) is 4.01. The highest BCUT2D eigenvalue weighted by Crippen LogP contribution is 2.15. The van der Waals surface area contributed by atoms with Gasteiger partial charge in [0, 0.05) is 19.4 Å². The number of benzene rings is 1. The second kappa shape index (κ2) is 6.96. The molecule has 0 radical (unpaired) electrons. The molecule has 0 bridgehead atoms. The molecule has 2 rings (SSSR count). The van der Waals surface area contributed by atoms with Crippen LogP contribution in [-0.2, 0) is 17.6 Å². The molecule has 0 fully saturated rings. The number of rotatable bonds is 6.